The zero-order valence-electron chi connectivity index (χ0n) is 15.7. The number of hydrogen-bond donors (Lipinski definition) is 1. The van der Waals surface area contributed by atoms with Crippen molar-refractivity contribution < 1.29 is 43.2 Å². The number of hydrogen-bond acceptors (Lipinski definition) is 8. The molecule has 0 radical (unpaired) electrons. The van der Waals surface area contributed by atoms with Gasteiger partial charge in [-0.15, -0.1) is 0 Å². The number of aliphatic carboxylic acids is 1. The molecule has 10 heteroatoms. The Kier molecular flexibility index (Phi) is 7.10. The Balaban J connectivity index is 0.000000765. The number of ether oxygens (including phenoxy) is 4. The molecule has 2 rings (SSSR count). The smallest absolute Gasteiger partial charge is 0.303 e. The molecular weight excluding hydrogens is 350 g/mol. The summed E-state index contributed by atoms with van der Waals surface area (Å²) in [5.41, 5.74) is -0.952. The van der Waals surface area contributed by atoms with Crippen LogP contribution in [0.2, 0.25) is 0 Å². The van der Waals surface area contributed by atoms with Gasteiger partial charge >= 0.3 is 11.9 Å². The highest BCUT2D eigenvalue weighted by Crippen LogP contribution is 2.59. The molecule has 1 aliphatic heterocycles. The Hall–Kier alpha value is -2.20. The Labute approximate surface area is 151 Å². The van der Waals surface area contributed by atoms with E-state index in [-0.39, 0.29) is 18.4 Å². The van der Waals surface area contributed by atoms with Crippen molar-refractivity contribution in [3.63, 3.8) is 0 Å². The Morgan fingerprint density at radius 3 is 2.04 bits per heavy atom. The molecule has 0 aromatic carbocycles. The number of amides is 1. The fourth-order valence-corrected chi connectivity index (χ4v) is 3.08. The van der Waals surface area contributed by atoms with E-state index in [9.17, 15) is 14.4 Å². The molecule has 2 aliphatic rings. The highest BCUT2D eigenvalue weighted by Gasteiger charge is 2.79. The van der Waals surface area contributed by atoms with E-state index in [1.54, 1.807) is 7.05 Å². The number of esters is 2. The fourth-order valence-electron chi connectivity index (χ4n) is 3.08. The summed E-state index contributed by atoms with van der Waals surface area (Å²) in [6, 6.07) is -0.414. The SMILES string of the molecule is CC(=O)O.COC1OC2(COC(C)=O)C(OC(C)=O)C2C1N(C)C(C)=O. The van der Waals surface area contributed by atoms with E-state index in [4.69, 9.17) is 28.8 Å². The number of carboxylic acids is 1. The third kappa shape index (κ3) is 4.70. The van der Waals surface area contributed by atoms with Crippen LogP contribution in [0, 0.1) is 5.92 Å². The van der Waals surface area contributed by atoms with Crippen molar-refractivity contribution >= 4 is 23.8 Å². The Bertz CT molecular complexity index is 574. The topological polar surface area (TPSA) is 129 Å². The van der Waals surface area contributed by atoms with Crippen LogP contribution in [0.4, 0.5) is 0 Å². The molecule has 0 bridgehead atoms. The molecule has 0 spiro atoms. The number of rotatable bonds is 5. The van der Waals surface area contributed by atoms with Gasteiger partial charge in [-0.25, -0.2) is 0 Å². The van der Waals surface area contributed by atoms with Gasteiger partial charge in [0.25, 0.3) is 5.97 Å². The van der Waals surface area contributed by atoms with Gasteiger partial charge in [-0.05, 0) is 0 Å². The van der Waals surface area contributed by atoms with Gasteiger partial charge in [-0.2, -0.15) is 0 Å². The molecule has 1 N–H and O–H groups in total. The van der Waals surface area contributed by atoms with Crippen LogP contribution < -0.4 is 0 Å². The maximum atomic E-state index is 11.7. The summed E-state index contributed by atoms with van der Waals surface area (Å²) in [5, 5.41) is 7.42. The lowest BCUT2D eigenvalue weighted by Gasteiger charge is -2.30. The van der Waals surface area contributed by atoms with Crippen LogP contribution in [-0.2, 0) is 38.1 Å². The molecule has 2 fully saturated rings. The first-order valence-corrected chi connectivity index (χ1v) is 7.92. The van der Waals surface area contributed by atoms with Crippen LogP contribution >= 0.6 is 0 Å². The van der Waals surface area contributed by atoms with Crippen molar-refractivity contribution in [3.05, 3.63) is 0 Å². The second-order valence-corrected chi connectivity index (χ2v) is 6.15. The molecule has 1 saturated carbocycles. The van der Waals surface area contributed by atoms with E-state index in [1.165, 1.54) is 32.8 Å². The van der Waals surface area contributed by atoms with Crippen LogP contribution in [0.1, 0.15) is 27.7 Å². The third-order valence-corrected chi connectivity index (χ3v) is 4.22. The number of methoxy groups -OCH3 is 1. The van der Waals surface area contributed by atoms with Gasteiger partial charge in [-0.3, -0.25) is 19.2 Å². The van der Waals surface area contributed by atoms with E-state index in [2.05, 4.69) is 0 Å². The first-order valence-electron chi connectivity index (χ1n) is 7.92. The number of fused-ring (bicyclic) bond motifs is 1. The van der Waals surface area contributed by atoms with E-state index in [1.807, 2.05) is 0 Å². The number of carboxylic acid groups (broad SMARTS) is 1. The molecule has 1 aliphatic carbocycles. The largest absolute Gasteiger partial charge is 0.481 e. The molecule has 5 unspecified atom stereocenters. The number of carbonyl (C=O) groups is 4. The molecule has 0 aromatic heterocycles. The minimum Gasteiger partial charge on any atom is -0.481 e. The average Bonchev–Trinajstić information content (AvgIpc) is 2.95. The van der Waals surface area contributed by atoms with Crippen molar-refractivity contribution in [1.82, 2.24) is 4.90 Å². The van der Waals surface area contributed by atoms with Crippen molar-refractivity contribution in [2.45, 2.75) is 51.7 Å². The maximum Gasteiger partial charge on any atom is 0.303 e. The minimum atomic E-state index is -0.952. The minimum absolute atomic E-state index is 0.0486. The number of carbonyl (C=O) groups excluding carboxylic acids is 3. The molecule has 0 aromatic rings. The van der Waals surface area contributed by atoms with E-state index < -0.39 is 41.9 Å². The predicted octanol–water partition coefficient (Wildman–Crippen LogP) is -0.210. The van der Waals surface area contributed by atoms with Crippen LogP contribution in [-0.4, -0.2) is 78.6 Å². The summed E-state index contributed by atoms with van der Waals surface area (Å²) in [5.74, 6) is -2.20. The second kappa shape index (κ2) is 8.45. The molecule has 148 valence electrons. The van der Waals surface area contributed by atoms with Crippen LogP contribution in [0.5, 0.6) is 0 Å². The van der Waals surface area contributed by atoms with Gasteiger partial charge in [-0.1, -0.05) is 0 Å². The van der Waals surface area contributed by atoms with Gasteiger partial charge in [0.05, 0.1) is 12.0 Å². The zero-order chi connectivity index (χ0) is 20.2. The molecular formula is C16H25NO9. The summed E-state index contributed by atoms with van der Waals surface area (Å²) in [4.78, 5) is 44.5. The van der Waals surface area contributed by atoms with Gasteiger partial charge < -0.3 is 29.0 Å². The van der Waals surface area contributed by atoms with Gasteiger partial charge in [0.1, 0.15) is 12.7 Å². The van der Waals surface area contributed by atoms with Crippen LogP contribution in [0.15, 0.2) is 0 Å². The molecule has 26 heavy (non-hydrogen) atoms. The van der Waals surface area contributed by atoms with E-state index >= 15 is 0 Å². The third-order valence-electron chi connectivity index (χ3n) is 4.22. The normalized spacial score (nSPS) is 31.0. The highest BCUT2D eigenvalue weighted by atomic mass is 16.7. The van der Waals surface area contributed by atoms with Gasteiger partial charge in [0.2, 0.25) is 5.91 Å². The number of nitrogens with zero attached hydrogens (tertiary/aromatic N) is 1. The molecule has 5 atom stereocenters. The summed E-state index contributed by atoms with van der Waals surface area (Å²) >= 11 is 0. The van der Waals surface area contributed by atoms with E-state index in [0.717, 1.165) is 6.92 Å². The first kappa shape index (κ1) is 21.8. The summed E-state index contributed by atoms with van der Waals surface area (Å²) < 4.78 is 21.5. The Morgan fingerprint density at radius 1 is 1.12 bits per heavy atom. The van der Waals surface area contributed by atoms with Crippen molar-refractivity contribution in [3.8, 4) is 0 Å². The summed E-state index contributed by atoms with van der Waals surface area (Å²) in [6.45, 7) is 5.05. The molecule has 1 saturated heterocycles. The van der Waals surface area contributed by atoms with Crippen LogP contribution in [0.3, 0.4) is 0 Å². The van der Waals surface area contributed by atoms with E-state index in [0.29, 0.717) is 0 Å². The fraction of sp³-hybridized carbons (Fsp3) is 0.750. The van der Waals surface area contributed by atoms with Crippen LogP contribution in [0.25, 0.3) is 0 Å². The predicted molar refractivity (Wildman–Crippen MR) is 85.8 cm³/mol. The monoisotopic (exact) mass is 375 g/mol. The lowest BCUT2D eigenvalue weighted by molar-refractivity contribution is -0.196. The molecule has 1 amide bonds. The lowest BCUT2D eigenvalue weighted by atomic mass is 10.1. The first-order chi connectivity index (χ1) is 12.0. The standard InChI is InChI=1S/C14H21NO7.C2H4O2/c1-7(16)15(4)11-10-12(21-9(3)18)14(10,6-20-8(2)17)22-13(11)19-5;1-2(3)4/h10-13H,6H2,1-5H3;1H3,(H,3,4). The highest BCUT2D eigenvalue weighted by molar-refractivity contribution is 5.74. The zero-order valence-corrected chi connectivity index (χ0v) is 15.7. The summed E-state index contributed by atoms with van der Waals surface area (Å²) in [7, 11) is 3.10. The van der Waals surface area contributed by atoms with Crippen molar-refractivity contribution in [2.75, 3.05) is 20.8 Å². The lowest BCUT2D eigenvalue weighted by Crippen LogP contribution is -2.46. The van der Waals surface area contributed by atoms with Gasteiger partial charge in [0, 0.05) is 41.9 Å². The summed E-state index contributed by atoms with van der Waals surface area (Å²) in [6.07, 6.45) is -1.23. The average molecular weight is 375 g/mol. The molecule has 10 nitrogen and oxygen atoms in total. The van der Waals surface area contributed by atoms with Crippen molar-refractivity contribution in [1.29, 1.82) is 0 Å². The second-order valence-electron chi connectivity index (χ2n) is 6.15. The molecule has 1 heterocycles. The quantitative estimate of drug-likeness (QED) is 0.649. The van der Waals surface area contributed by atoms with Gasteiger partial charge in [0.15, 0.2) is 11.9 Å². The van der Waals surface area contributed by atoms with Crippen molar-refractivity contribution in [2.24, 2.45) is 5.92 Å². The Morgan fingerprint density at radius 2 is 1.65 bits per heavy atom. The number of likely N-dealkylation sites (N-methyl/N-ethyl adjacent to an activating group) is 1. The maximum absolute atomic E-state index is 11.7.